The third-order valence-electron chi connectivity index (χ3n) is 5.23. The first-order valence-corrected chi connectivity index (χ1v) is 10.4. The van der Waals surface area contributed by atoms with Crippen LogP contribution in [-0.2, 0) is 9.59 Å². The number of amides is 2. The van der Waals surface area contributed by atoms with E-state index in [-0.39, 0.29) is 17.9 Å². The van der Waals surface area contributed by atoms with Crippen LogP contribution in [0, 0.1) is 5.92 Å². The fraction of sp³-hybridized carbons (Fsp3) is 0.889. The van der Waals surface area contributed by atoms with E-state index < -0.39 is 0 Å². The van der Waals surface area contributed by atoms with Crippen molar-refractivity contribution >= 4 is 23.6 Å². The Bertz CT molecular complexity index is 456. The molecular formula is C18H33N3O2S. The molecular weight excluding hydrogens is 322 g/mol. The van der Waals surface area contributed by atoms with Crippen LogP contribution in [0.1, 0.15) is 39.5 Å². The molecule has 0 N–H and O–H groups in total. The second-order valence-electron chi connectivity index (χ2n) is 7.74. The Morgan fingerprint density at radius 3 is 2.50 bits per heavy atom. The highest BCUT2D eigenvalue weighted by atomic mass is 32.2. The summed E-state index contributed by atoms with van der Waals surface area (Å²) in [6, 6.07) is 0.113. The van der Waals surface area contributed by atoms with Crippen molar-refractivity contribution in [1.82, 2.24) is 14.7 Å². The number of hydrogen-bond acceptors (Lipinski definition) is 4. The van der Waals surface area contributed by atoms with Crippen molar-refractivity contribution in [2.24, 2.45) is 5.92 Å². The highest BCUT2D eigenvalue weighted by Gasteiger charge is 2.41. The van der Waals surface area contributed by atoms with Crippen LogP contribution >= 0.6 is 11.8 Å². The number of carbonyl (C=O) groups is 2. The number of carbonyl (C=O) groups excluding carboxylic acids is 2. The van der Waals surface area contributed by atoms with E-state index in [1.54, 1.807) is 0 Å². The molecule has 0 unspecified atom stereocenters. The number of hydrogen-bond donors (Lipinski definition) is 0. The van der Waals surface area contributed by atoms with Crippen LogP contribution < -0.4 is 0 Å². The Balaban J connectivity index is 2.14. The zero-order valence-corrected chi connectivity index (χ0v) is 16.6. The van der Waals surface area contributed by atoms with Gasteiger partial charge in [-0.3, -0.25) is 9.59 Å². The number of thioether (sulfide) groups is 1. The summed E-state index contributed by atoms with van der Waals surface area (Å²) in [7, 11) is 4.17. The van der Waals surface area contributed by atoms with Crippen molar-refractivity contribution in [2.45, 2.75) is 56.9 Å². The van der Waals surface area contributed by atoms with E-state index in [4.69, 9.17) is 0 Å². The van der Waals surface area contributed by atoms with E-state index in [9.17, 15) is 9.59 Å². The van der Waals surface area contributed by atoms with Crippen molar-refractivity contribution in [2.75, 3.05) is 40.0 Å². The summed E-state index contributed by atoms with van der Waals surface area (Å²) in [6.45, 7) is 6.56. The van der Waals surface area contributed by atoms with Crippen molar-refractivity contribution in [3.8, 4) is 0 Å². The Kier molecular flexibility index (Phi) is 6.99. The second kappa shape index (κ2) is 8.56. The summed E-state index contributed by atoms with van der Waals surface area (Å²) in [5, 5.41) is 0.445. The van der Waals surface area contributed by atoms with Crippen LogP contribution in [0.4, 0.5) is 0 Å². The highest BCUT2D eigenvalue weighted by molar-refractivity contribution is 7.99. The predicted octanol–water partition coefficient (Wildman–Crippen LogP) is 1.92. The number of likely N-dealkylation sites (N-methyl/N-ethyl adjacent to an activating group) is 1. The molecule has 24 heavy (non-hydrogen) atoms. The van der Waals surface area contributed by atoms with Gasteiger partial charge in [0.2, 0.25) is 11.8 Å². The lowest BCUT2D eigenvalue weighted by atomic mass is 9.98. The van der Waals surface area contributed by atoms with E-state index in [2.05, 4.69) is 39.1 Å². The first kappa shape index (κ1) is 19.6. The first-order valence-electron chi connectivity index (χ1n) is 9.12. The summed E-state index contributed by atoms with van der Waals surface area (Å²) in [4.78, 5) is 31.7. The summed E-state index contributed by atoms with van der Waals surface area (Å²) in [5.41, 5.74) is 0. The van der Waals surface area contributed by atoms with Crippen molar-refractivity contribution in [3.05, 3.63) is 0 Å². The SMILES string of the molecule is CS[C@@H]1CN(C(=O)[C@@H](CC(C)C)N2CCCCC2=O)C[C@H]1N(C)C. The fourth-order valence-electron chi connectivity index (χ4n) is 3.84. The molecule has 2 heterocycles. The van der Waals surface area contributed by atoms with Gasteiger partial charge < -0.3 is 14.7 Å². The molecule has 6 heteroatoms. The van der Waals surface area contributed by atoms with Gasteiger partial charge in [0.15, 0.2) is 0 Å². The topological polar surface area (TPSA) is 43.9 Å². The molecule has 0 aromatic heterocycles. The van der Waals surface area contributed by atoms with Crippen LogP contribution in [-0.4, -0.2) is 83.8 Å². The predicted molar refractivity (Wildman–Crippen MR) is 100 cm³/mol. The monoisotopic (exact) mass is 355 g/mol. The first-order chi connectivity index (χ1) is 11.3. The Morgan fingerprint density at radius 2 is 2.00 bits per heavy atom. The molecule has 3 atom stereocenters. The smallest absolute Gasteiger partial charge is 0.245 e. The van der Waals surface area contributed by atoms with E-state index in [0.717, 1.165) is 38.9 Å². The quantitative estimate of drug-likeness (QED) is 0.730. The summed E-state index contributed by atoms with van der Waals surface area (Å²) < 4.78 is 0. The normalized spacial score (nSPS) is 26.5. The number of rotatable bonds is 6. The van der Waals surface area contributed by atoms with E-state index in [0.29, 0.717) is 23.6 Å². The zero-order valence-electron chi connectivity index (χ0n) is 15.8. The highest BCUT2D eigenvalue weighted by Crippen LogP contribution is 2.27. The average molecular weight is 356 g/mol. The molecule has 2 rings (SSSR count). The average Bonchev–Trinajstić information content (AvgIpc) is 2.97. The molecule has 138 valence electrons. The molecule has 2 fully saturated rings. The number of nitrogens with zero attached hydrogens (tertiary/aromatic N) is 3. The molecule has 0 radical (unpaired) electrons. The fourth-order valence-corrected chi connectivity index (χ4v) is 4.81. The third kappa shape index (κ3) is 4.45. The molecule has 2 amide bonds. The maximum Gasteiger partial charge on any atom is 0.245 e. The van der Waals surface area contributed by atoms with Gasteiger partial charge in [-0.25, -0.2) is 0 Å². The Hall–Kier alpha value is -0.750. The summed E-state index contributed by atoms with van der Waals surface area (Å²) in [5.74, 6) is 0.713. The van der Waals surface area contributed by atoms with Gasteiger partial charge in [-0.05, 0) is 45.5 Å². The maximum atomic E-state index is 13.3. The minimum absolute atomic E-state index is 0.155. The lowest BCUT2D eigenvalue weighted by molar-refractivity contribution is -0.147. The molecule has 2 saturated heterocycles. The maximum absolute atomic E-state index is 13.3. The van der Waals surface area contributed by atoms with E-state index >= 15 is 0 Å². The number of piperidine rings is 1. The van der Waals surface area contributed by atoms with Crippen LogP contribution in [0.3, 0.4) is 0 Å². The van der Waals surface area contributed by atoms with Crippen molar-refractivity contribution < 1.29 is 9.59 Å². The van der Waals surface area contributed by atoms with Gasteiger partial charge >= 0.3 is 0 Å². The molecule has 0 spiro atoms. The van der Waals surface area contributed by atoms with Crippen LogP contribution in [0.15, 0.2) is 0 Å². The lowest BCUT2D eigenvalue weighted by Gasteiger charge is -2.36. The molecule has 0 bridgehead atoms. The molecule has 0 aromatic rings. The van der Waals surface area contributed by atoms with Gasteiger partial charge in [0.1, 0.15) is 6.04 Å². The van der Waals surface area contributed by atoms with Crippen molar-refractivity contribution in [3.63, 3.8) is 0 Å². The Labute approximate surface area is 151 Å². The third-order valence-corrected chi connectivity index (χ3v) is 6.30. The largest absolute Gasteiger partial charge is 0.338 e. The van der Waals surface area contributed by atoms with E-state index in [1.165, 1.54) is 0 Å². The standard InChI is InChI=1S/C18H33N3O2S/c1-13(2)10-14(21-9-7-6-8-17(21)22)18(23)20-11-15(19(3)4)16(12-20)24-5/h13-16H,6-12H2,1-5H3/t14-,15-,16-/m1/s1. The zero-order chi connectivity index (χ0) is 17.9. The molecule has 0 aromatic carbocycles. The van der Waals surface area contributed by atoms with Gasteiger partial charge in [0, 0.05) is 37.3 Å². The lowest BCUT2D eigenvalue weighted by Crippen LogP contribution is -2.52. The molecule has 0 saturated carbocycles. The van der Waals surface area contributed by atoms with Crippen LogP contribution in [0.25, 0.3) is 0 Å². The van der Waals surface area contributed by atoms with Gasteiger partial charge in [-0.2, -0.15) is 11.8 Å². The minimum Gasteiger partial charge on any atom is -0.338 e. The molecule has 2 aliphatic rings. The molecule has 2 aliphatic heterocycles. The van der Waals surface area contributed by atoms with Crippen molar-refractivity contribution in [1.29, 1.82) is 0 Å². The van der Waals surface area contributed by atoms with Gasteiger partial charge in [-0.15, -0.1) is 0 Å². The summed E-state index contributed by atoms with van der Waals surface area (Å²) in [6.07, 6.45) is 5.45. The van der Waals surface area contributed by atoms with Crippen LogP contribution in [0.2, 0.25) is 0 Å². The second-order valence-corrected chi connectivity index (χ2v) is 8.81. The molecule has 5 nitrogen and oxygen atoms in total. The van der Waals surface area contributed by atoms with E-state index in [1.807, 2.05) is 21.6 Å². The molecule has 0 aliphatic carbocycles. The van der Waals surface area contributed by atoms with Gasteiger partial charge in [0.25, 0.3) is 0 Å². The number of likely N-dealkylation sites (tertiary alicyclic amines) is 2. The van der Waals surface area contributed by atoms with Gasteiger partial charge in [0.05, 0.1) is 0 Å². The van der Waals surface area contributed by atoms with Crippen LogP contribution in [0.5, 0.6) is 0 Å². The minimum atomic E-state index is -0.277. The summed E-state index contributed by atoms with van der Waals surface area (Å²) >= 11 is 1.84. The Morgan fingerprint density at radius 1 is 1.29 bits per heavy atom. The van der Waals surface area contributed by atoms with Gasteiger partial charge in [-0.1, -0.05) is 13.8 Å².